The molecule has 0 radical (unpaired) electrons. The molecule has 1 aromatic rings. The minimum atomic E-state index is -0.401. The molecule has 0 aliphatic heterocycles. The number of aliphatic hydroxyl groups is 1. The molecule has 0 saturated heterocycles. The van der Waals surface area contributed by atoms with Crippen molar-refractivity contribution in [1.82, 2.24) is 0 Å². The summed E-state index contributed by atoms with van der Waals surface area (Å²) in [5, 5.41) is 11.0. The topological polar surface area (TPSA) is 20.2 Å². The largest absolute Gasteiger partial charge is 0.390 e. The summed E-state index contributed by atoms with van der Waals surface area (Å²) < 4.78 is 0. The summed E-state index contributed by atoms with van der Waals surface area (Å²) in [5.74, 6) is 1.10. The van der Waals surface area contributed by atoms with Crippen molar-refractivity contribution < 1.29 is 5.11 Å². The van der Waals surface area contributed by atoms with Crippen LogP contribution in [0.15, 0.2) is 30.3 Å². The van der Waals surface area contributed by atoms with Crippen LogP contribution in [0.4, 0.5) is 0 Å². The summed E-state index contributed by atoms with van der Waals surface area (Å²) in [6.45, 7) is 4.61. The molecule has 1 nitrogen and oxygen atoms in total. The maximum absolute atomic E-state index is 11.0. The van der Waals surface area contributed by atoms with Crippen LogP contribution in [0.5, 0.6) is 0 Å². The predicted octanol–water partition coefficient (Wildman–Crippen LogP) is 4.12. The Kier molecular flexibility index (Phi) is 2.78. The standard InChI is InChI=1S/C17H24O/c1-16(2)9-6-10-17(18,12-16)15-11-14(15)13-7-4-3-5-8-13/h3-5,7-8,14-15,18H,6,9-12H2,1-2H3. The molecule has 3 unspecified atom stereocenters. The van der Waals surface area contributed by atoms with Gasteiger partial charge in [-0.2, -0.15) is 0 Å². The minimum Gasteiger partial charge on any atom is -0.390 e. The van der Waals surface area contributed by atoms with Gasteiger partial charge in [0.25, 0.3) is 0 Å². The van der Waals surface area contributed by atoms with Crippen molar-refractivity contribution in [3.05, 3.63) is 35.9 Å². The normalized spacial score (nSPS) is 38.4. The van der Waals surface area contributed by atoms with Gasteiger partial charge in [0.2, 0.25) is 0 Å². The highest BCUT2D eigenvalue weighted by atomic mass is 16.3. The lowest BCUT2D eigenvalue weighted by atomic mass is 9.67. The monoisotopic (exact) mass is 244 g/mol. The minimum absolute atomic E-state index is 0.316. The molecule has 1 aromatic carbocycles. The molecule has 3 atom stereocenters. The summed E-state index contributed by atoms with van der Waals surface area (Å²) in [4.78, 5) is 0. The molecule has 18 heavy (non-hydrogen) atoms. The highest BCUT2D eigenvalue weighted by molar-refractivity contribution is 5.28. The van der Waals surface area contributed by atoms with Gasteiger partial charge in [0.05, 0.1) is 5.60 Å². The van der Waals surface area contributed by atoms with E-state index in [1.54, 1.807) is 0 Å². The van der Waals surface area contributed by atoms with Crippen molar-refractivity contribution in [2.45, 2.75) is 57.5 Å². The van der Waals surface area contributed by atoms with Crippen LogP contribution in [0, 0.1) is 11.3 Å². The van der Waals surface area contributed by atoms with Crippen LogP contribution in [0.25, 0.3) is 0 Å². The van der Waals surface area contributed by atoms with E-state index < -0.39 is 5.60 Å². The third-order valence-corrected chi connectivity index (χ3v) is 4.96. The van der Waals surface area contributed by atoms with Crippen LogP contribution < -0.4 is 0 Å². The molecule has 0 bridgehead atoms. The lowest BCUT2D eigenvalue weighted by molar-refractivity contribution is -0.0576. The van der Waals surface area contributed by atoms with E-state index in [9.17, 15) is 5.11 Å². The van der Waals surface area contributed by atoms with Crippen LogP contribution in [0.2, 0.25) is 0 Å². The molecule has 2 aliphatic rings. The fraction of sp³-hybridized carbons (Fsp3) is 0.647. The van der Waals surface area contributed by atoms with E-state index in [1.165, 1.54) is 24.8 Å². The van der Waals surface area contributed by atoms with Gasteiger partial charge in [-0.1, -0.05) is 50.6 Å². The predicted molar refractivity (Wildman–Crippen MR) is 74.5 cm³/mol. The van der Waals surface area contributed by atoms with Crippen molar-refractivity contribution in [1.29, 1.82) is 0 Å². The van der Waals surface area contributed by atoms with Crippen molar-refractivity contribution in [3.63, 3.8) is 0 Å². The molecule has 1 N–H and O–H groups in total. The first-order valence-corrected chi connectivity index (χ1v) is 7.28. The van der Waals surface area contributed by atoms with Crippen molar-refractivity contribution in [2.24, 2.45) is 11.3 Å². The zero-order valence-electron chi connectivity index (χ0n) is 11.5. The summed E-state index contributed by atoms with van der Waals surface area (Å²) in [7, 11) is 0. The Morgan fingerprint density at radius 1 is 1.11 bits per heavy atom. The van der Waals surface area contributed by atoms with E-state index >= 15 is 0 Å². The Balaban J connectivity index is 1.74. The fourth-order valence-electron chi connectivity index (χ4n) is 4.05. The van der Waals surface area contributed by atoms with Crippen molar-refractivity contribution in [2.75, 3.05) is 0 Å². The van der Waals surface area contributed by atoms with Crippen LogP contribution in [0.3, 0.4) is 0 Å². The van der Waals surface area contributed by atoms with Gasteiger partial charge in [0.15, 0.2) is 0 Å². The highest BCUT2D eigenvalue weighted by Crippen LogP contribution is 2.59. The molecule has 0 aromatic heterocycles. The lowest BCUT2D eigenvalue weighted by Crippen LogP contribution is -2.41. The number of benzene rings is 1. The van der Waals surface area contributed by atoms with Gasteiger partial charge in [0, 0.05) is 0 Å². The number of hydrogen-bond donors (Lipinski definition) is 1. The second-order valence-corrected chi connectivity index (χ2v) is 7.16. The Morgan fingerprint density at radius 2 is 1.83 bits per heavy atom. The van der Waals surface area contributed by atoms with Gasteiger partial charge in [-0.3, -0.25) is 0 Å². The van der Waals surface area contributed by atoms with Crippen LogP contribution >= 0.6 is 0 Å². The van der Waals surface area contributed by atoms with E-state index in [0.29, 0.717) is 17.3 Å². The number of rotatable bonds is 2. The first-order valence-electron chi connectivity index (χ1n) is 7.28. The van der Waals surface area contributed by atoms with Gasteiger partial charge in [-0.05, 0) is 48.5 Å². The molecule has 3 rings (SSSR count). The summed E-state index contributed by atoms with van der Waals surface area (Å²) in [5.41, 5.74) is 1.33. The SMILES string of the molecule is CC1(C)CCCC(O)(C2CC2c2ccccc2)C1. The maximum atomic E-state index is 11.0. The summed E-state index contributed by atoms with van der Waals surface area (Å²) in [6, 6.07) is 10.7. The average Bonchev–Trinajstić information content (AvgIpc) is 3.09. The molecule has 2 saturated carbocycles. The summed E-state index contributed by atoms with van der Waals surface area (Å²) >= 11 is 0. The Labute approximate surface area is 110 Å². The third kappa shape index (κ3) is 2.21. The molecule has 1 heteroatoms. The molecular formula is C17H24O. The Hall–Kier alpha value is -0.820. The number of hydrogen-bond acceptors (Lipinski definition) is 1. The zero-order chi connectivity index (χ0) is 12.8. The van der Waals surface area contributed by atoms with Gasteiger partial charge >= 0.3 is 0 Å². The molecular weight excluding hydrogens is 220 g/mol. The maximum Gasteiger partial charge on any atom is 0.0687 e. The smallest absolute Gasteiger partial charge is 0.0687 e. The van der Waals surface area contributed by atoms with E-state index in [1.807, 2.05) is 0 Å². The van der Waals surface area contributed by atoms with Gasteiger partial charge in [-0.25, -0.2) is 0 Å². The molecule has 0 spiro atoms. The molecule has 98 valence electrons. The van der Waals surface area contributed by atoms with Crippen LogP contribution in [0.1, 0.15) is 57.4 Å². The van der Waals surface area contributed by atoms with Gasteiger partial charge < -0.3 is 5.11 Å². The molecule has 0 heterocycles. The second kappa shape index (κ2) is 4.09. The third-order valence-electron chi connectivity index (χ3n) is 4.96. The highest BCUT2D eigenvalue weighted by Gasteiger charge is 2.54. The van der Waals surface area contributed by atoms with E-state index in [-0.39, 0.29) is 0 Å². The average molecular weight is 244 g/mol. The van der Waals surface area contributed by atoms with Crippen molar-refractivity contribution in [3.8, 4) is 0 Å². The second-order valence-electron chi connectivity index (χ2n) is 7.16. The summed E-state index contributed by atoms with van der Waals surface area (Å²) in [6.07, 6.45) is 5.61. The molecule has 0 amide bonds. The Morgan fingerprint density at radius 3 is 2.50 bits per heavy atom. The quantitative estimate of drug-likeness (QED) is 0.829. The first-order chi connectivity index (χ1) is 8.50. The zero-order valence-corrected chi connectivity index (χ0v) is 11.5. The lowest BCUT2D eigenvalue weighted by Gasteiger charge is -2.42. The van der Waals surface area contributed by atoms with E-state index in [0.717, 1.165) is 12.8 Å². The van der Waals surface area contributed by atoms with Crippen LogP contribution in [-0.2, 0) is 0 Å². The van der Waals surface area contributed by atoms with Gasteiger partial charge in [-0.15, -0.1) is 0 Å². The fourth-order valence-corrected chi connectivity index (χ4v) is 4.05. The van der Waals surface area contributed by atoms with Crippen LogP contribution in [-0.4, -0.2) is 10.7 Å². The Bertz CT molecular complexity index is 422. The molecule has 2 aliphatic carbocycles. The first kappa shape index (κ1) is 12.2. The van der Waals surface area contributed by atoms with Crippen molar-refractivity contribution >= 4 is 0 Å². The molecule has 2 fully saturated rings. The van der Waals surface area contributed by atoms with E-state index in [2.05, 4.69) is 44.2 Å². The van der Waals surface area contributed by atoms with Gasteiger partial charge in [0.1, 0.15) is 0 Å². The van der Waals surface area contributed by atoms with E-state index in [4.69, 9.17) is 0 Å².